The van der Waals surface area contributed by atoms with Gasteiger partial charge in [0.2, 0.25) is 0 Å². The lowest BCUT2D eigenvalue weighted by Gasteiger charge is -1.86. The quantitative estimate of drug-likeness (QED) is 0.491. The number of H-pyrrole nitrogens is 3. The van der Waals surface area contributed by atoms with Crippen molar-refractivity contribution in [1.29, 1.82) is 0 Å². The molecular weight excluding hydrogens is 158 g/mol. The van der Waals surface area contributed by atoms with Crippen molar-refractivity contribution < 1.29 is 4.98 Å². The monoisotopic (exact) mass is 164 g/mol. The van der Waals surface area contributed by atoms with Gasteiger partial charge in [0.05, 0.1) is 6.20 Å². The molecule has 0 radical (unpaired) electrons. The minimum atomic E-state index is -0.648. The number of nitrogens with one attached hydrogen (secondary N) is 3. The highest BCUT2D eigenvalue weighted by molar-refractivity contribution is 5.64. The second-order valence-corrected chi connectivity index (χ2v) is 2.37. The molecule has 0 atom stereocenters. The average molecular weight is 164 g/mol. The minimum absolute atomic E-state index is 0.516. The topological polar surface area (TPSA) is 79.9 Å². The molecule has 0 aliphatic carbocycles. The zero-order valence-corrected chi connectivity index (χ0v) is 6.05. The molecule has 12 heavy (non-hydrogen) atoms. The maximum Gasteiger partial charge on any atom is 0.397 e. The van der Waals surface area contributed by atoms with Gasteiger partial charge in [-0.2, -0.15) is 4.98 Å². The SMILES string of the molecule is O=c1[nH]c2ccc[nH+]c2[nH]c1=O. The van der Waals surface area contributed by atoms with E-state index in [2.05, 4.69) is 15.0 Å². The van der Waals surface area contributed by atoms with Crippen LogP contribution in [0.1, 0.15) is 0 Å². The van der Waals surface area contributed by atoms with Crippen LogP contribution < -0.4 is 16.1 Å². The van der Waals surface area contributed by atoms with E-state index in [4.69, 9.17) is 0 Å². The molecule has 0 aromatic carbocycles. The van der Waals surface area contributed by atoms with E-state index in [1.165, 1.54) is 0 Å². The zero-order valence-electron chi connectivity index (χ0n) is 6.05. The van der Waals surface area contributed by atoms with Crippen LogP contribution in [-0.4, -0.2) is 9.97 Å². The Labute approximate surface area is 66.1 Å². The van der Waals surface area contributed by atoms with Crippen LogP contribution in [0, 0.1) is 0 Å². The zero-order chi connectivity index (χ0) is 8.55. The van der Waals surface area contributed by atoms with Gasteiger partial charge < -0.3 is 4.98 Å². The molecule has 2 aromatic rings. The number of aromatic nitrogens is 3. The predicted octanol–water partition coefficient (Wildman–Crippen LogP) is -0.970. The van der Waals surface area contributed by atoms with E-state index in [9.17, 15) is 9.59 Å². The van der Waals surface area contributed by atoms with Gasteiger partial charge in [0.1, 0.15) is 5.52 Å². The first-order valence-electron chi connectivity index (χ1n) is 3.40. The van der Waals surface area contributed by atoms with Crippen LogP contribution in [-0.2, 0) is 0 Å². The Balaban J connectivity index is 3.03. The van der Waals surface area contributed by atoms with Gasteiger partial charge in [-0.3, -0.25) is 4.79 Å². The largest absolute Gasteiger partial charge is 0.397 e. The molecule has 0 bridgehead atoms. The lowest BCUT2D eigenvalue weighted by molar-refractivity contribution is -0.347. The summed E-state index contributed by atoms with van der Waals surface area (Å²) in [6.45, 7) is 0. The summed E-state index contributed by atoms with van der Waals surface area (Å²) in [6, 6.07) is 3.43. The van der Waals surface area contributed by atoms with Crippen LogP contribution >= 0.6 is 0 Å². The van der Waals surface area contributed by atoms with Crippen molar-refractivity contribution >= 4 is 11.2 Å². The summed E-state index contributed by atoms with van der Waals surface area (Å²) in [6.07, 6.45) is 1.66. The Morgan fingerprint density at radius 3 is 2.75 bits per heavy atom. The molecule has 0 unspecified atom stereocenters. The maximum atomic E-state index is 10.8. The molecule has 0 spiro atoms. The number of hydrogen-bond donors (Lipinski definition) is 2. The summed E-state index contributed by atoms with van der Waals surface area (Å²) in [5.74, 6) is 0. The Bertz CT molecular complexity index is 477. The van der Waals surface area contributed by atoms with E-state index in [-0.39, 0.29) is 0 Å². The van der Waals surface area contributed by atoms with E-state index < -0.39 is 11.1 Å². The third-order valence-corrected chi connectivity index (χ3v) is 1.55. The molecule has 0 fully saturated rings. The first-order chi connectivity index (χ1) is 5.77. The van der Waals surface area contributed by atoms with E-state index in [0.717, 1.165) is 0 Å². The number of aromatic amines is 3. The van der Waals surface area contributed by atoms with Gasteiger partial charge in [-0.15, -0.1) is 0 Å². The Kier molecular flexibility index (Phi) is 1.30. The fourth-order valence-electron chi connectivity index (χ4n) is 0.994. The van der Waals surface area contributed by atoms with Gasteiger partial charge in [-0.25, -0.2) is 9.78 Å². The first kappa shape index (κ1) is 6.78. The maximum absolute atomic E-state index is 10.8. The molecule has 0 saturated heterocycles. The standard InChI is InChI=1S/C7H5N3O2/c11-6-7(12)10-5-4(9-6)2-1-3-8-5/h1-3H,(H,9,11)(H,8,10,12)/p+1. The second-order valence-electron chi connectivity index (χ2n) is 2.37. The molecule has 0 aliphatic rings. The molecule has 2 aromatic heterocycles. The number of fused-ring (bicyclic) bond motifs is 1. The summed E-state index contributed by atoms with van der Waals surface area (Å²) in [5.41, 5.74) is -0.184. The van der Waals surface area contributed by atoms with Crippen molar-refractivity contribution in [2.45, 2.75) is 0 Å². The average Bonchev–Trinajstić information content (AvgIpc) is 2.07. The molecular formula is C7H6N3O2+. The third-order valence-electron chi connectivity index (χ3n) is 1.55. The fourth-order valence-corrected chi connectivity index (χ4v) is 0.994. The van der Waals surface area contributed by atoms with Gasteiger partial charge in [-0.05, 0) is 12.1 Å². The summed E-state index contributed by atoms with van der Waals surface area (Å²) >= 11 is 0. The third kappa shape index (κ3) is 0.914. The molecule has 2 heterocycles. The van der Waals surface area contributed by atoms with Crippen LogP contribution in [0.5, 0.6) is 0 Å². The fraction of sp³-hybridized carbons (Fsp3) is 0. The molecule has 3 N–H and O–H groups in total. The van der Waals surface area contributed by atoms with Crippen molar-refractivity contribution in [1.82, 2.24) is 9.97 Å². The molecule has 0 saturated carbocycles. The molecule has 5 nitrogen and oxygen atoms in total. The van der Waals surface area contributed by atoms with Gasteiger partial charge in [0.15, 0.2) is 0 Å². The highest BCUT2D eigenvalue weighted by Crippen LogP contribution is 1.93. The minimum Gasteiger partial charge on any atom is -0.309 e. The summed E-state index contributed by atoms with van der Waals surface area (Å²) in [5, 5.41) is 0. The lowest BCUT2D eigenvalue weighted by atomic mass is 10.4. The van der Waals surface area contributed by atoms with Crippen molar-refractivity contribution in [3.05, 3.63) is 39.0 Å². The van der Waals surface area contributed by atoms with Gasteiger partial charge in [0, 0.05) is 0 Å². The van der Waals surface area contributed by atoms with E-state index in [1.54, 1.807) is 18.3 Å². The van der Waals surface area contributed by atoms with E-state index >= 15 is 0 Å². The number of hydrogen-bond acceptors (Lipinski definition) is 2. The van der Waals surface area contributed by atoms with Gasteiger partial charge in [-0.1, -0.05) is 0 Å². The second kappa shape index (κ2) is 2.30. The highest BCUT2D eigenvalue weighted by atomic mass is 16.2. The van der Waals surface area contributed by atoms with Crippen molar-refractivity contribution in [2.75, 3.05) is 0 Å². The van der Waals surface area contributed by atoms with E-state index in [1.807, 2.05) is 0 Å². The predicted molar refractivity (Wildman–Crippen MR) is 41.7 cm³/mol. The van der Waals surface area contributed by atoms with E-state index in [0.29, 0.717) is 11.2 Å². The normalized spacial score (nSPS) is 10.3. The molecule has 0 aliphatic heterocycles. The van der Waals surface area contributed by atoms with Crippen LogP contribution in [0.2, 0.25) is 0 Å². The van der Waals surface area contributed by atoms with Crippen LogP contribution in [0.4, 0.5) is 0 Å². The first-order valence-corrected chi connectivity index (χ1v) is 3.40. The Morgan fingerprint density at radius 2 is 1.92 bits per heavy atom. The smallest absolute Gasteiger partial charge is 0.309 e. The molecule has 5 heteroatoms. The highest BCUT2D eigenvalue weighted by Gasteiger charge is 2.03. The van der Waals surface area contributed by atoms with Gasteiger partial charge >= 0.3 is 16.8 Å². The Morgan fingerprint density at radius 1 is 1.17 bits per heavy atom. The molecule has 60 valence electrons. The molecule has 2 rings (SSSR count). The summed E-state index contributed by atoms with van der Waals surface area (Å²) in [4.78, 5) is 29.3. The van der Waals surface area contributed by atoms with Crippen molar-refractivity contribution in [3.63, 3.8) is 0 Å². The van der Waals surface area contributed by atoms with Crippen molar-refractivity contribution in [2.24, 2.45) is 0 Å². The summed E-state index contributed by atoms with van der Waals surface area (Å²) < 4.78 is 0. The summed E-state index contributed by atoms with van der Waals surface area (Å²) in [7, 11) is 0. The van der Waals surface area contributed by atoms with Crippen molar-refractivity contribution in [3.8, 4) is 0 Å². The number of pyridine rings is 1. The molecule has 0 amide bonds. The van der Waals surface area contributed by atoms with Crippen LogP contribution in [0.25, 0.3) is 11.2 Å². The van der Waals surface area contributed by atoms with Crippen LogP contribution in [0.15, 0.2) is 27.9 Å². The van der Waals surface area contributed by atoms with Crippen LogP contribution in [0.3, 0.4) is 0 Å². The Hall–Kier alpha value is -1.91. The number of rotatable bonds is 0. The lowest BCUT2D eigenvalue weighted by Crippen LogP contribution is -2.30. The van der Waals surface area contributed by atoms with Gasteiger partial charge in [0.25, 0.3) is 0 Å².